The molecule has 0 amide bonds. The van der Waals surface area contributed by atoms with E-state index in [0.29, 0.717) is 16.4 Å². The Morgan fingerprint density at radius 2 is 1.50 bits per heavy atom. The maximum atomic E-state index is 12.1. The fourth-order valence-electron chi connectivity index (χ4n) is 3.90. The van der Waals surface area contributed by atoms with E-state index in [1.54, 1.807) is 0 Å². The first-order valence-corrected chi connectivity index (χ1v) is 11.7. The summed E-state index contributed by atoms with van der Waals surface area (Å²) in [6.07, 6.45) is 0. The van der Waals surface area contributed by atoms with Crippen molar-refractivity contribution in [2.45, 2.75) is 58.9 Å². The number of hydrogen-bond acceptors (Lipinski definition) is 3. The second kappa shape index (κ2) is 10.0. The van der Waals surface area contributed by atoms with E-state index in [9.17, 15) is 4.79 Å². The summed E-state index contributed by atoms with van der Waals surface area (Å²) in [6.45, 7) is 15.7. The number of Topliss-reactive ketones (excluding diaryl/α,β-unsaturated/α-hetero) is 1. The molecule has 0 bridgehead atoms. The number of hydrogen-bond donors (Lipinski definition) is 0. The first-order chi connectivity index (χ1) is 14.0. The number of benzene rings is 2. The van der Waals surface area contributed by atoms with Gasteiger partial charge in [-0.1, -0.05) is 90.1 Å². The zero-order chi connectivity index (χ0) is 22.5. The lowest BCUT2D eigenvalue weighted by molar-refractivity contribution is 0.0928. The Morgan fingerprint density at radius 1 is 0.967 bits per heavy atom. The highest BCUT2D eigenvalue weighted by Gasteiger charge is 2.32. The fourth-order valence-corrected chi connectivity index (χ4v) is 4.16. The van der Waals surface area contributed by atoms with Crippen LogP contribution in [0.3, 0.4) is 0 Å². The first kappa shape index (κ1) is 24.5. The van der Waals surface area contributed by atoms with Gasteiger partial charge in [-0.3, -0.25) is 4.79 Å². The average Bonchev–Trinajstić information content (AvgIpc) is 2.67. The maximum Gasteiger partial charge on any atom is 0.187 e. The van der Waals surface area contributed by atoms with Crippen LogP contribution in [0.5, 0.6) is 0 Å². The van der Waals surface area contributed by atoms with Gasteiger partial charge in [-0.2, -0.15) is 0 Å². The van der Waals surface area contributed by atoms with Crippen LogP contribution in [0.25, 0.3) is 0 Å². The molecule has 0 fully saturated rings. The van der Waals surface area contributed by atoms with Gasteiger partial charge in [-0.05, 0) is 35.1 Å². The Hall–Kier alpha value is -1.75. The summed E-state index contributed by atoms with van der Waals surface area (Å²) in [4.78, 5) is 14.5. The molecule has 30 heavy (non-hydrogen) atoms. The number of rotatable bonds is 9. The number of likely N-dealkylation sites (N-methyl/N-ethyl adjacent to an activating group) is 1. The van der Waals surface area contributed by atoms with Crippen molar-refractivity contribution in [2.75, 3.05) is 20.2 Å². The normalized spacial score (nSPS) is 14.3. The van der Waals surface area contributed by atoms with Crippen LogP contribution in [0.4, 0.5) is 0 Å². The average molecular weight is 426 g/mol. The maximum absolute atomic E-state index is 12.1. The lowest BCUT2D eigenvalue weighted by Gasteiger charge is -2.38. The van der Waals surface area contributed by atoms with E-state index in [4.69, 9.17) is 4.43 Å². The lowest BCUT2D eigenvalue weighted by Crippen LogP contribution is -2.40. The molecule has 2 aromatic rings. The Kier molecular flexibility index (Phi) is 8.20. The largest absolute Gasteiger partial charge is 0.420 e. The van der Waals surface area contributed by atoms with Crippen molar-refractivity contribution in [3.8, 4) is 0 Å². The molecule has 0 aliphatic heterocycles. The molecule has 2 rings (SSSR count). The molecule has 164 valence electrons. The van der Waals surface area contributed by atoms with Gasteiger partial charge in [0.15, 0.2) is 5.78 Å². The number of ketones is 1. The van der Waals surface area contributed by atoms with Gasteiger partial charge in [0.1, 0.15) is 10.5 Å². The monoisotopic (exact) mass is 425 g/mol. The number of carbonyl (C=O) groups excluding carboxylic acids is 1. The van der Waals surface area contributed by atoms with Crippen LogP contribution >= 0.6 is 0 Å². The van der Waals surface area contributed by atoms with Gasteiger partial charge in [-0.15, -0.1) is 0 Å². The van der Waals surface area contributed by atoms with Gasteiger partial charge in [0, 0.05) is 24.1 Å². The molecule has 0 saturated heterocycles. The predicted octanol–water partition coefficient (Wildman–Crippen LogP) is 4.51. The highest BCUT2D eigenvalue weighted by molar-refractivity contribution is 6.02. The van der Waals surface area contributed by atoms with Crippen molar-refractivity contribution >= 4 is 16.3 Å². The molecule has 1 unspecified atom stereocenters. The Bertz CT molecular complexity index is 822. The second-order valence-electron chi connectivity index (χ2n) is 10.1. The van der Waals surface area contributed by atoms with Crippen molar-refractivity contribution in [2.24, 2.45) is 5.92 Å². The van der Waals surface area contributed by atoms with E-state index < -0.39 is 0 Å². The molecule has 3 nitrogen and oxygen atoms in total. The Balaban J connectivity index is 2.14. The van der Waals surface area contributed by atoms with Crippen molar-refractivity contribution < 1.29 is 9.22 Å². The Labute approximate surface area is 186 Å². The standard InChI is InChI=1S/C26H39NO2Si/c1-19(2)26(6,23-14-10-21(11-15-23)24(28)17-29-30)18-27(7)16-20-8-12-22(13-9-20)25(3,4)5/h8-15,19H,16-18H2,1-7,30H3. The molecule has 0 spiro atoms. The quantitative estimate of drug-likeness (QED) is 0.437. The van der Waals surface area contributed by atoms with Gasteiger partial charge in [0.25, 0.3) is 0 Å². The summed E-state index contributed by atoms with van der Waals surface area (Å²) in [5, 5.41) is 0. The fraction of sp³-hybridized carbons (Fsp3) is 0.500. The summed E-state index contributed by atoms with van der Waals surface area (Å²) in [5.74, 6) is 0.522. The van der Waals surface area contributed by atoms with Crippen molar-refractivity contribution in [3.05, 3.63) is 70.8 Å². The van der Waals surface area contributed by atoms with E-state index in [1.807, 2.05) is 12.1 Å². The third-order valence-electron chi connectivity index (χ3n) is 6.29. The lowest BCUT2D eigenvalue weighted by atomic mass is 9.72. The minimum atomic E-state index is -0.00412. The smallest absolute Gasteiger partial charge is 0.187 e. The van der Waals surface area contributed by atoms with Gasteiger partial charge < -0.3 is 9.33 Å². The zero-order valence-corrected chi connectivity index (χ0v) is 22.1. The summed E-state index contributed by atoms with van der Waals surface area (Å²) in [7, 11) is 2.78. The summed E-state index contributed by atoms with van der Waals surface area (Å²) < 4.78 is 5.11. The third kappa shape index (κ3) is 6.13. The van der Waals surface area contributed by atoms with Crippen LogP contribution in [0.2, 0.25) is 0 Å². The van der Waals surface area contributed by atoms with Crippen LogP contribution < -0.4 is 0 Å². The molecule has 0 N–H and O–H groups in total. The van der Waals surface area contributed by atoms with E-state index in [2.05, 4.69) is 89.9 Å². The van der Waals surface area contributed by atoms with Gasteiger partial charge >= 0.3 is 0 Å². The second-order valence-corrected chi connectivity index (χ2v) is 10.7. The molecule has 0 aliphatic carbocycles. The van der Waals surface area contributed by atoms with Crippen LogP contribution in [-0.4, -0.2) is 41.4 Å². The minimum Gasteiger partial charge on any atom is -0.420 e. The Morgan fingerprint density at radius 3 is 1.97 bits per heavy atom. The van der Waals surface area contributed by atoms with Crippen LogP contribution in [-0.2, 0) is 21.8 Å². The molecule has 0 saturated carbocycles. The van der Waals surface area contributed by atoms with Crippen LogP contribution in [0.1, 0.15) is 68.6 Å². The molecule has 0 heterocycles. The molecule has 0 radical (unpaired) electrons. The summed E-state index contributed by atoms with van der Waals surface area (Å²) in [6, 6.07) is 17.1. The van der Waals surface area contributed by atoms with Crippen molar-refractivity contribution in [1.82, 2.24) is 4.90 Å². The molecule has 2 aromatic carbocycles. The molecule has 1 atom stereocenters. The third-order valence-corrected chi connectivity index (χ3v) is 6.58. The molecular formula is C26H39NO2Si. The topological polar surface area (TPSA) is 29.5 Å². The first-order valence-electron chi connectivity index (χ1n) is 10.9. The van der Waals surface area contributed by atoms with Crippen molar-refractivity contribution in [1.29, 1.82) is 0 Å². The molecule has 4 heteroatoms. The van der Waals surface area contributed by atoms with Crippen molar-refractivity contribution in [3.63, 3.8) is 0 Å². The predicted molar refractivity (Wildman–Crippen MR) is 130 cm³/mol. The highest BCUT2D eigenvalue weighted by atomic mass is 28.2. The minimum absolute atomic E-state index is 0.00412. The van der Waals surface area contributed by atoms with Gasteiger partial charge in [0.2, 0.25) is 0 Å². The van der Waals surface area contributed by atoms with E-state index in [-0.39, 0.29) is 23.2 Å². The number of nitrogens with zero attached hydrogens (tertiary/aromatic N) is 1. The SMILES string of the molecule is CC(C)C(C)(CN(C)Cc1ccc(C(C)(C)C)cc1)c1ccc(C(=O)CO[SiH3])cc1. The van der Waals surface area contributed by atoms with E-state index in [1.165, 1.54) is 16.7 Å². The number of carbonyl (C=O) groups is 1. The molecular weight excluding hydrogens is 386 g/mol. The van der Waals surface area contributed by atoms with Gasteiger partial charge in [-0.25, -0.2) is 0 Å². The molecule has 0 aromatic heterocycles. The van der Waals surface area contributed by atoms with E-state index >= 15 is 0 Å². The summed E-state index contributed by atoms with van der Waals surface area (Å²) in [5.41, 5.74) is 4.88. The molecule has 0 aliphatic rings. The summed E-state index contributed by atoms with van der Waals surface area (Å²) >= 11 is 0. The highest BCUT2D eigenvalue weighted by Crippen LogP contribution is 2.33. The van der Waals surface area contributed by atoms with Crippen LogP contribution in [0.15, 0.2) is 48.5 Å². The van der Waals surface area contributed by atoms with Crippen LogP contribution in [0, 0.1) is 5.92 Å². The zero-order valence-electron chi connectivity index (χ0n) is 20.1. The van der Waals surface area contributed by atoms with E-state index in [0.717, 1.165) is 18.7 Å². The van der Waals surface area contributed by atoms with Gasteiger partial charge in [0.05, 0.1) is 6.61 Å².